The number of carbonyl (C=O) groups is 2. The van der Waals surface area contributed by atoms with E-state index >= 15 is 0 Å². The predicted molar refractivity (Wildman–Crippen MR) is 151 cm³/mol. The van der Waals surface area contributed by atoms with Crippen LogP contribution in [-0.2, 0) is 11.7 Å². The first-order chi connectivity index (χ1) is 20.5. The summed E-state index contributed by atoms with van der Waals surface area (Å²) < 4.78 is 53.1. The van der Waals surface area contributed by atoms with E-state index in [4.69, 9.17) is 9.47 Å². The van der Waals surface area contributed by atoms with Gasteiger partial charge in [0.25, 0.3) is 11.8 Å². The van der Waals surface area contributed by atoms with Gasteiger partial charge in [0.1, 0.15) is 17.1 Å². The number of nitrogens with one attached hydrogen (secondary N) is 2. The zero-order valence-corrected chi connectivity index (χ0v) is 23.9. The third-order valence-electron chi connectivity index (χ3n) is 8.44. The molecule has 1 spiro atoms. The van der Waals surface area contributed by atoms with Gasteiger partial charge < -0.3 is 29.9 Å². The quantitative estimate of drug-likeness (QED) is 0.395. The fourth-order valence-electron chi connectivity index (χ4n) is 5.77. The second-order valence-electron chi connectivity index (χ2n) is 11.2. The number of carbonyl (C=O) groups excluding carboxylic acids is 2. The number of benzene rings is 2. The number of likely N-dealkylation sites (tertiary alicyclic amines) is 1. The lowest BCUT2D eigenvalue weighted by atomic mass is 10.0. The maximum Gasteiger partial charge on any atom is 0.423 e. The van der Waals surface area contributed by atoms with Crippen molar-refractivity contribution in [3.63, 3.8) is 0 Å². The number of methoxy groups -OCH3 is 1. The molecule has 0 unspecified atom stereocenters. The molecule has 2 amide bonds. The molecule has 226 valence electrons. The minimum atomic E-state index is -4.81. The molecule has 10 nitrogen and oxygen atoms in total. The zero-order valence-electron chi connectivity index (χ0n) is 23.9. The van der Waals surface area contributed by atoms with Gasteiger partial charge in [-0.1, -0.05) is 12.1 Å². The molecule has 2 fully saturated rings. The highest BCUT2D eigenvalue weighted by Crippen LogP contribution is 2.57. The maximum atomic E-state index is 14.0. The minimum absolute atomic E-state index is 0.00849. The number of piperidine rings is 1. The van der Waals surface area contributed by atoms with Crippen molar-refractivity contribution in [3.05, 3.63) is 64.8 Å². The minimum Gasteiger partial charge on any atom is -0.495 e. The number of nitrogens with zero attached hydrogens (tertiary/aromatic N) is 4. The lowest BCUT2D eigenvalue weighted by Gasteiger charge is -2.29. The van der Waals surface area contributed by atoms with E-state index in [1.165, 1.54) is 19.2 Å². The Hall–Kier alpha value is -4.39. The number of alkyl halides is 3. The monoisotopic (exact) mass is 596 g/mol. The van der Waals surface area contributed by atoms with Gasteiger partial charge in [0.2, 0.25) is 11.8 Å². The molecule has 3 aromatic rings. The summed E-state index contributed by atoms with van der Waals surface area (Å²) in [6.07, 6.45) is -0.924. The molecule has 1 aliphatic carbocycles. The van der Waals surface area contributed by atoms with Crippen LogP contribution in [0.1, 0.15) is 57.5 Å². The molecule has 2 aromatic carbocycles. The number of amides is 2. The van der Waals surface area contributed by atoms with E-state index < -0.39 is 23.2 Å². The van der Waals surface area contributed by atoms with E-state index in [2.05, 4.69) is 25.5 Å². The van der Waals surface area contributed by atoms with Crippen LogP contribution < -0.4 is 20.1 Å². The van der Waals surface area contributed by atoms with Crippen LogP contribution in [0.2, 0.25) is 0 Å². The van der Waals surface area contributed by atoms with Gasteiger partial charge in [-0.05, 0) is 75.6 Å². The Balaban J connectivity index is 1.26. The second-order valence-corrected chi connectivity index (χ2v) is 11.2. The van der Waals surface area contributed by atoms with E-state index in [0.29, 0.717) is 17.4 Å². The summed E-state index contributed by atoms with van der Waals surface area (Å²) in [6, 6.07) is 9.68. The molecule has 0 radical (unpaired) electrons. The number of fused-ring (bicyclic) bond motifs is 2. The number of rotatable bonds is 7. The summed E-state index contributed by atoms with van der Waals surface area (Å²) in [5.74, 6) is -1.24. The van der Waals surface area contributed by atoms with Crippen LogP contribution in [0.4, 0.5) is 24.8 Å². The van der Waals surface area contributed by atoms with Crippen molar-refractivity contribution in [3.8, 4) is 17.4 Å². The third-order valence-corrected chi connectivity index (χ3v) is 8.44. The molecule has 2 aliphatic heterocycles. The molecule has 3 aliphatic rings. The summed E-state index contributed by atoms with van der Waals surface area (Å²) >= 11 is 0. The van der Waals surface area contributed by atoms with Crippen LogP contribution in [0.5, 0.6) is 17.4 Å². The zero-order chi connectivity index (χ0) is 30.5. The van der Waals surface area contributed by atoms with Crippen LogP contribution in [0, 0.1) is 0 Å². The normalized spacial score (nSPS) is 18.0. The molecule has 1 saturated heterocycles. The second kappa shape index (κ2) is 10.7. The van der Waals surface area contributed by atoms with E-state index in [0.717, 1.165) is 44.3 Å². The number of ether oxygens (including phenoxy) is 2. The van der Waals surface area contributed by atoms with Crippen LogP contribution in [0.3, 0.4) is 0 Å². The van der Waals surface area contributed by atoms with E-state index in [-0.39, 0.29) is 40.9 Å². The van der Waals surface area contributed by atoms with Gasteiger partial charge in [0.05, 0.1) is 23.9 Å². The van der Waals surface area contributed by atoms with E-state index in [9.17, 15) is 22.8 Å². The molecule has 0 bridgehead atoms. The Kier molecular flexibility index (Phi) is 7.15. The smallest absolute Gasteiger partial charge is 0.423 e. The van der Waals surface area contributed by atoms with Crippen molar-refractivity contribution in [1.82, 2.24) is 25.1 Å². The molecule has 1 saturated carbocycles. The molecule has 1 aromatic heterocycles. The number of hydrogen-bond donors (Lipinski definition) is 2. The van der Waals surface area contributed by atoms with Crippen LogP contribution in [-0.4, -0.2) is 71.9 Å². The average molecular weight is 597 g/mol. The molecule has 6 rings (SSSR count). The number of hydrogen-bond acceptors (Lipinski definition) is 8. The number of halogens is 3. The van der Waals surface area contributed by atoms with Crippen molar-refractivity contribution in [2.45, 2.75) is 43.4 Å². The first-order valence-corrected chi connectivity index (χ1v) is 14.0. The standard InChI is InChI=1S/C30H31F3N6O4/c1-38-13-9-18(10-14-38)35-25(40)17-7-8-21(23(15-17)42-3)36-28-34-16-20(30(31,32)33)26(37-28)43-22-6-4-5-19-24(22)27(41)39(2)29(19)11-12-29/h4-8,15-16,18H,9-14H2,1-3H3,(H,35,40)(H,34,36,37). The maximum absolute atomic E-state index is 14.0. The first-order valence-electron chi connectivity index (χ1n) is 14.0. The van der Waals surface area contributed by atoms with Crippen molar-refractivity contribution >= 4 is 23.5 Å². The van der Waals surface area contributed by atoms with E-state index in [1.807, 2.05) is 7.05 Å². The van der Waals surface area contributed by atoms with Crippen LogP contribution >= 0.6 is 0 Å². The SMILES string of the molecule is COc1cc(C(=O)NC2CCN(C)CC2)ccc1Nc1ncc(C(F)(F)F)c(Oc2cccc3c2C(=O)N(C)C32CC2)n1. The Morgan fingerprint density at radius 2 is 1.84 bits per heavy atom. The van der Waals surface area contributed by atoms with Gasteiger partial charge in [0.15, 0.2) is 0 Å². The van der Waals surface area contributed by atoms with Crippen molar-refractivity contribution in [2.75, 3.05) is 39.6 Å². The predicted octanol–water partition coefficient (Wildman–Crippen LogP) is 4.94. The Morgan fingerprint density at radius 3 is 2.51 bits per heavy atom. The summed E-state index contributed by atoms with van der Waals surface area (Å²) in [7, 11) is 5.14. The highest BCUT2D eigenvalue weighted by atomic mass is 19.4. The lowest BCUT2D eigenvalue weighted by molar-refractivity contribution is -0.139. The highest BCUT2D eigenvalue weighted by Gasteiger charge is 2.57. The van der Waals surface area contributed by atoms with Gasteiger partial charge >= 0.3 is 6.18 Å². The van der Waals surface area contributed by atoms with Gasteiger partial charge in [-0.3, -0.25) is 9.59 Å². The fourth-order valence-corrected chi connectivity index (χ4v) is 5.77. The summed E-state index contributed by atoms with van der Waals surface area (Å²) in [4.78, 5) is 37.7. The molecule has 13 heteroatoms. The Morgan fingerprint density at radius 1 is 1.09 bits per heavy atom. The molecular formula is C30H31F3N6O4. The third kappa shape index (κ3) is 5.33. The van der Waals surface area contributed by atoms with Gasteiger partial charge in [-0.2, -0.15) is 18.2 Å². The molecule has 3 heterocycles. The molecule has 43 heavy (non-hydrogen) atoms. The lowest BCUT2D eigenvalue weighted by Crippen LogP contribution is -2.43. The Labute approximate surface area is 246 Å². The number of anilines is 2. The topological polar surface area (TPSA) is 109 Å². The number of aromatic nitrogens is 2. The summed E-state index contributed by atoms with van der Waals surface area (Å²) in [5.41, 5.74) is 0.0621. The molecule has 0 atom stereocenters. The first kappa shape index (κ1) is 28.7. The highest BCUT2D eigenvalue weighted by molar-refractivity contribution is 6.03. The van der Waals surface area contributed by atoms with E-state index in [1.54, 1.807) is 36.2 Å². The van der Waals surface area contributed by atoms with Crippen LogP contribution in [0.15, 0.2) is 42.6 Å². The van der Waals surface area contributed by atoms with Gasteiger partial charge in [-0.25, -0.2) is 4.98 Å². The van der Waals surface area contributed by atoms with Crippen molar-refractivity contribution in [1.29, 1.82) is 0 Å². The summed E-state index contributed by atoms with van der Waals surface area (Å²) in [6.45, 7) is 1.80. The molecule has 2 N–H and O–H groups in total. The van der Waals surface area contributed by atoms with Crippen molar-refractivity contribution in [2.24, 2.45) is 0 Å². The van der Waals surface area contributed by atoms with Crippen LogP contribution in [0.25, 0.3) is 0 Å². The van der Waals surface area contributed by atoms with Gasteiger partial charge in [0, 0.05) is 24.8 Å². The van der Waals surface area contributed by atoms with Gasteiger partial charge in [-0.15, -0.1) is 0 Å². The Bertz CT molecular complexity index is 1580. The average Bonchev–Trinajstić information content (AvgIpc) is 3.76. The summed E-state index contributed by atoms with van der Waals surface area (Å²) in [5, 5.41) is 5.91. The molecular weight excluding hydrogens is 565 g/mol. The fraction of sp³-hybridized carbons (Fsp3) is 0.400. The largest absolute Gasteiger partial charge is 0.495 e. The van der Waals surface area contributed by atoms with Crippen molar-refractivity contribution < 1.29 is 32.2 Å².